The number of carbonyl (C=O) groups excluding carboxylic acids is 3. The second-order valence-corrected chi connectivity index (χ2v) is 7.66. The highest BCUT2D eigenvalue weighted by molar-refractivity contribution is 5.87. The van der Waals surface area contributed by atoms with Crippen LogP contribution in [0.3, 0.4) is 0 Å². The van der Waals surface area contributed by atoms with E-state index >= 15 is 0 Å². The van der Waals surface area contributed by atoms with Crippen LogP contribution in [0.1, 0.15) is 17.2 Å². The zero-order valence-corrected chi connectivity index (χ0v) is 15.8. The molecule has 2 aliphatic heterocycles. The SMILES string of the molecule is COC(=O)C1[C@H]2CN(C(=O)[C@H]3OCC(=O)N(C)[C@@H]3c3ccccc3C)C[C@@H]12. The van der Waals surface area contributed by atoms with Crippen LogP contribution < -0.4 is 0 Å². The maximum atomic E-state index is 13.2. The van der Waals surface area contributed by atoms with Crippen LogP contribution in [0.5, 0.6) is 0 Å². The molecule has 1 aromatic rings. The molecule has 1 aliphatic carbocycles. The van der Waals surface area contributed by atoms with Gasteiger partial charge in [0.15, 0.2) is 6.10 Å². The van der Waals surface area contributed by atoms with Gasteiger partial charge in [0.1, 0.15) is 6.61 Å². The summed E-state index contributed by atoms with van der Waals surface area (Å²) in [6, 6.07) is 7.29. The molecule has 0 bridgehead atoms. The molecule has 0 spiro atoms. The van der Waals surface area contributed by atoms with Crippen LogP contribution in [-0.4, -0.2) is 67.5 Å². The van der Waals surface area contributed by atoms with Crippen LogP contribution >= 0.6 is 0 Å². The number of methoxy groups -OCH3 is 1. The fourth-order valence-electron chi connectivity index (χ4n) is 4.58. The number of hydrogen-bond acceptors (Lipinski definition) is 5. The van der Waals surface area contributed by atoms with E-state index in [-0.39, 0.29) is 42.1 Å². The average Bonchev–Trinajstić information content (AvgIpc) is 3.16. The van der Waals surface area contributed by atoms with Gasteiger partial charge in [-0.2, -0.15) is 0 Å². The molecule has 5 atom stereocenters. The van der Waals surface area contributed by atoms with Crippen molar-refractivity contribution in [1.82, 2.24) is 9.80 Å². The van der Waals surface area contributed by atoms with Gasteiger partial charge in [0.25, 0.3) is 5.91 Å². The fraction of sp³-hybridized carbons (Fsp3) is 0.550. The molecule has 7 nitrogen and oxygen atoms in total. The van der Waals surface area contributed by atoms with Crippen molar-refractivity contribution in [3.05, 3.63) is 35.4 Å². The second-order valence-electron chi connectivity index (χ2n) is 7.66. The molecule has 144 valence electrons. The van der Waals surface area contributed by atoms with Crippen molar-refractivity contribution in [1.29, 1.82) is 0 Å². The number of morpholine rings is 1. The number of aryl methyl sites for hydroxylation is 1. The van der Waals surface area contributed by atoms with Gasteiger partial charge in [-0.3, -0.25) is 14.4 Å². The summed E-state index contributed by atoms with van der Waals surface area (Å²) in [6.07, 6.45) is -0.733. The first-order valence-electron chi connectivity index (χ1n) is 9.23. The summed E-state index contributed by atoms with van der Waals surface area (Å²) >= 11 is 0. The maximum Gasteiger partial charge on any atom is 0.309 e. The van der Waals surface area contributed by atoms with Crippen LogP contribution in [0.25, 0.3) is 0 Å². The summed E-state index contributed by atoms with van der Waals surface area (Å²) in [7, 11) is 3.12. The van der Waals surface area contributed by atoms with Crippen molar-refractivity contribution in [2.24, 2.45) is 17.8 Å². The van der Waals surface area contributed by atoms with E-state index in [2.05, 4.69) is 0 Å². The van der Waals surface area contributed by atoms with Crippen LogP contribution in [0.2, 0.25) is 0 Å². The minimum atomic E-state index is -0.733. The smallest absolute Gasteiger partial charge is 0.309 e. The fourth-order valence-corrected chi connectivity index (χ4v) is 4.58. The number of amides is 2. The van der Waals surface area contributed by atoms with Gasteiger partial charge >= 0.3 is 5.97 Å². The topological polar surface area (TPSA) is 76.1 Å². The minimum Gasteiger partial charge on any atom is -0.469 e. The summed E-state index contributed by atoms with van der Waals surface area (Å²) in [5.74, 6) is -0.153. The molecule has 2 heterocycles. The highest BCUT2D eigenvalue weighted by Gasteiger charge is 2.61. The number of benzene rings is 1. The molecule has 3 aliphatic rings. The number of esters is 1. The Kier molecular flexibility index (Phi) is 4.42. The average molecular weight is 372 g/mol. The first-order valence-corrected chi connectivity index (χ1v) is 9.23. The summed E-state index contributed by atoms with van der Waals surface area (Å²) in [4.78, 5) is 40.5. The standard InChI is InChI=1S/C20H24N2O5/c1-11-6-4-5-7-12(11)17-18(27-10-15(23)21(17)2)19(24)22-8-13-14(9-22)16(13)20(25)26-3/h4-7,13-14,16-18H,8-10H2,1-3H3/t13-,14+,16?,17-,18+/m1/s1. The van der Waals surface area contributed by atoms with Gasteiger partial charge < -0.3 is 19.3 Å². The van der Waals surface area contributed by atoms with Gasteiger partial charge in [-0.05, 0) is 29.9 Å². The summed E-state index contributed by atoms with van der Waals surface area (Å²) in [5, 5.41) is 0. The number of likely N-dealkylation sites (N-methyl/N-ethyl adjacent to an activating group) is 1. The highest BCUT2D eigenvalue weighted by Crippen LogP contribution is 2.52. The summed E-state index contributed by atoms with van der Waals surface area (Å²) in [6.45, 7) is 2.96. The number of nitrogens with zero attached hydrogens (tertiary/aromatic N) is 2. The number of carbonyl (C=O) groups is 3. The quantitative estimate of drug-likeness (QED) is 0.733. The normalized spacial score (nSPS) is 32.3. The van der Waals surface area contributed by atoms with Gasteiger partial charge in [0.2, 0.25) is 5.91 Å². The number of hydrogen-bond donors (Lipinski definition) is 0. The number of rotatable bonds is 3. The second kappa shape index (κ2) is 6.64. The van der Waals surface area contributed by atoms with Gasteiger partial charge in [-0.25, -0.2) is 0 Å². The Labute approximate surface area is 158 Å². The molecule has 7 heteroatoms. The maximum absolute atomic E-state index is 13.2. The highest BCUT2D eigenvalue weighted by atomic mass is 16.5. The molecule has 1 aromatic carbocycles. The monoisotopic (exact) mass is 372 g/mol. The number of fused-ring (bicyclic) bond motifs is 1. The van der Waals surface area contributed by atoms with Crippen molar-refractivity contribution < 1.29 is 23.9 Å². The Balaban J connectivity index is 1.53. The summed E-state index contributed by atoms with van der Waals surface area (Å²) in [5.41, 5.74) is 1.93. The lowest BCUT2D eigenvalue weighted by Crippen LogP contribution is -2.54. The third-order valence-electron chi connectivity index (χ3n) is 6.21. The number of ether oxygens (including phenoxy) is 2. The van der Waals surface area contributed by atoms with E-state index < -0.39 is 12.1 Å². The molecule has 1 unspecified atom stereocenters. The minimum absolute atomic E-state index is 0.0808. The van der Waals surface area contributed by atoms with Crippen LogP contribution in [-0.2, 0) is 23.9 Å². The molecular formula is C20H24N2O5. The van der Waals surface area contributed by atoms with Gasteiger partial charge in [-0.15, -0.1) is 0 Å². The van der Waals surface area contributed by atoms with E-state index in [4.69, 9.17) is 9.47 Å². The van der Waals surface area contributed by atoms with E-state index in [1.54, 1.807) is 16.8 Å². The first-order chi connectivity index (χ1) is 12.9. The van der Waals surface area contributed by atoms with Crippen molar-refractivity contribution >= 4 is 17.8 Å². The molecule has 27 heavy (non-hydrogen) atoms. The van der Waals surface area contributed by atoms with Crippen molar-refractivity contribution in [2.75, 3.05) is 33.9 Å². The van der Waals surface area contributed by atoms with Crippen molar-refractivity contribution in [3.63, 3.8) is 0 Å². The Morgan fingerprint density at radius 1 is 1.19 bits per heavy atom. The number of piperidine rings is 1. The van der Waals surface area contributed by atoms with E-state index in [0.717, 1.165) is 11.1 Å². The predicted octanol–water partition coefficient (Wildman–Crippen LogP) is 0.771. The van der Waals surface area contributed by atoms with E-state index in [9.17, 15) is 14.4 Å². The Hall–Kier alpha value is -2.41. The zero-order chi connectivity index (χ0) is 19.3. The van der Waals surface area contributed by atoms with Gasteiger partial charge in [0, 0.05) is 20.1 Å². The predicted molar refractivity (Wildman–Crippen MR) is 95.5 cm³/mol. The lowest BCUT2D eigenvalue weighted by Gasteiger charge is -2.40. The molecule has 3 fully saturated rings. The summed E-state index contributed by atoms with van der Waals surface area (Å²) < 4.78 is 10.6. The van der Waals surface area contributed by atoms with E-state index in [0.29, 0.717) is 13.1 Å². The largest absolute Gasteiger partial charge is 0.469 e. The van der Waals surface area contributed by atoms with Gasteiger partial charge in [0.05, 0.1) is 19.1 Å². The Morgan fingerprint density at radius 3 is 2.48 bits per heavy atom. The van der Waals surface area contributed by atoms with Crippen LogP contribution in [0.4, 0.5) is 0 Å². The van der Waals surface area contributed by atoms with Crippen LogP contribution in [0.15, 0.2) is 24.3 Å². The van der Waals surface area contributed by atoms with Crippen molar-refractivity contribution in [3.8, 4) is 0 Å². The Bertz CT molecular complexity index is 782. The van der Waals surface area contributed by atoms with Crippen LogP contribution in [0, 0.1) is 24.7 Å². The first kappa shape index (κ1) is 18.0. The molecule has 4 rings (SSSR count). The zero-order valence-electron chi connectivity index (χ0n) is 15.8. The van der Waals surface area contributed by atoms with E-state index in [1.807, 2.05) is 31.2 Å². The molecule has 0 radical (unpaired) electrons. The van der Waals surface area contributed by atoms with E-state index in [1.165, 1.54) is 7.11 Å². The molecule has 0 aromatic heterocycles. The Morgan fingerprint density at radius 2 is 1.85 bits per heavy atom. The van der Waals surface area contributed by atoms with Crippen molar-refractivity contribution in [2.45, 2.75) is 19.1 Å². The third-order valence-corrected chi connectivity index (χ3v) is 6.21. The lowest BCUT2D eigenvalue weighted by atomic mass is 9.93. The molecule has 2 amide bonds. The molecule has 2 saturated heterocycles. The van der Waals surface area contributed by atoms with Gasteiger partial charge in [-0.1, -0.05) is 24.3 Å². The lowest BCUT2D eigenvalue weighted by molar-refractivity contribution is -0.167. The molecule has 1 saturated carbocycles. The molecular weight excluding hydrogens is 348 g/mol. The third kappa shape index (κ3) is 2.90. The number of likely N-dealkylation sites (tertiary alicyclic amines) is 1. The molecule has 0 N–H and O–H groups in total.